The molecule has 0 bridgehead atoms. The fourth-order valence-electron chi connectivity index (χ4n) is 2.18. The van der Waals surface area contributed by atoms with E-state index in [4.69, 9.17) is 9.15 Å². The largest absolute Gasteiger partial charge is 0.491 e. The van der Waals surface area contributed by atoms with Crippen molar-refractivity contribution >= 4 is 11.1 Å². The van der Waals surface area contributed by atoms with Crippen LogP contribution in [0.2, 0.25) is 0 Å². The van der Waals surface area contributed by atoms with Gasteiger partial charge in [0.25, 0.3) is 0 Å². The van der Waals surface area contributed by atoms with Crippen LogP contribution in [0.5, 0.6) is 5.75 Å². The minimum atomic E-state index is -4.43. The van der Waals surface area contributed by atoms with Crippen LogP contribution in [0.25, 0.3) is 22.6 Å². The van der Waals surface area contributed by atoms with Gasteiger partial charge in [-0.15, -0.1) is 0 Å². The van der Waals surface area contributed by atoms with Gasteiger partial charge >= 0.3 is 6.18 Å². The first-order valence-corrected chi connectivity index (χ1v) is 7.68. The maximum Gasteiger partial charge on any atom is 0.416 e. The van der Waals surface area contributed by atoms with Crippen molar-refractivity contribution in [2.75, 3.05) is 6.61 Å². The quantitative estimate of drug-likeness (QED) is 0.640. The van der Waals surface area contributed by atoms with Gasteiger partial charge in [-0.05, 0) is 29.7 Å². The molecule has 0 N–H and O–H groups in total. The van der Waals surface area contributed by atoms with Crippen LogP contribution >= 0.6 is 0 Å². The van der Waals surface area contributed by atoms with E-state index in [1.54, 1.807) is 12.3 Å². The van der Waals surface area contributed by atoms with Crippen molar-refractivity contribution in [2.24, 2.45) is 5.41 Å². The second-order valence-corrected chi connectivity index (χ2v) is 6.92. The molecule has 0 saturated heterocycles. The molecule has 0 unspecified atom stereocenters. The van der Waals surface area contributed by atoms with E-state index in [0.29, 0.717) is 17.9 Å². The maximum absolute atomic E-state index is 12.8. The molecule has 0 amide bonds. The first kappa shape index (κ1) is 17.3. The topological polar surface area (TPSA) is 48.2 Å². The first-order chi connectivity index (χ1) is 11.6. The second kappa shape index (κ2) is 6.06. The molecule has 0 spiro atoms. The third kappa shape index (κ3) is 3.92. The molecule has 25 heavy (non-hydrogen) atoms. The Bertz CT molecular complexity index is 895. The van der Waals surface area contributed by atoms with Gasteiger partial charge in [0.15, 0.2) is 5.58 Å². The first-order valence-electron chi connectivity index (χ1n) is 7.68. The molecule has 0 radical (unpaired) electrons. The number of alkyl halides is 3. The van der Waals surface area contributed by atoms with E-state index in [1.807, 2.05) is 20.8 Å². The minimum Gasteiger partial charge on any atom is -0.491 e. The molecule has 4 nitrogen and oxygen atoms in total. The summed E-state index contributed by atoms with van der Waals surface area (Å²) >= 11 is 0. The van der Waals surface area contributed by atoms with E-state index in [2.05, 4.69) is 9.97 Å². The van der Waals surface area contributed by atoms with E-state index in [-0.39, 0.29) is 22.4 Å². The van der Waals surface area contributed by atoms with E-state index in [0.717, 1.165) is 12.1 Å². The molecular formula is C18H17F3N2O2. The van der Waals surface area contributed by atoms with Gasteiger partial charge in [-0.25, -0.2) is 4.98 Å². The van der Waals surface area contributed by atoms with Gasteiger partial charge in [-0.3, -0.25) is 4.98 Å². The van der Waals surface area contributed by atoms with Crippen LogP contribution in [0.1, 0.15) is 26.3 Å². The number of fused-ring (bicyclic) bond motifs is 1. The number of hydrogen-bond acceptors (Lipinski definition) is 4. The monoisotopic (exact) mass is 350 g/mol. The zero-order valence-electron chi connectivity index (χ0n) is 14.0. The summed E-state index contributed by atoms with van der Waals surface area (Å²) in [5.41, 5.74) is 0.142. The summed E-state index contributed by atoms with van der Waals surface area (Å²) in [5.74, 6) is 0.667. The number of oxazole rings is 1. The number of nitrogens with zero attached hydrogens (tertiary/aromatic N) is 2. The number of hydrogen-bond donors (Lipinski definition) is 0. The number of halogens is 3. The third-order valence-corrected chi connectivity index (χ3v) is 3.39. The molecule has 0 aliphatic heterocycles. The Morgan fingerprint density at radius 1 is 1.12 bits per heavy atom. The van der Waals surface area contributed by atoms with Crippen molar-refractivity contribution in [2.45, 2.75) is 26.9 Å². The number of benzene rings is 1. The van der Waals surface area contributed by atoms with Crippen molar-refractivity contribution in [3.05, 3.63) is 42.2 Å². The van der Waals surface area contributed by atoms with Gasteiger partial charge in [0.1, 0.15) is 11.3 Å². The summed E-state index contributed by atoms with van der Waals surface area (Å²) < 4.78 is 49.9. The average Bonchev–Trinajstić information content (AvgIpc) is 2.94. The normalized spacial score (nSPS) is 12.6. The highest BCUT2D eigenvalue weighted by Crippen LogP contribution is 2.35. The zero-order chi connectivity index (χ0) is 18.2. The SMILES string of the molecule is CC(C)(C)COc1cnccc1-c1nc2cc(C(F)(F)F)ccc2o1. The van der Waals surface area contributed by atoms with Crippen molar-refractivity contribution in [3.63, 3.8) is 0 Å². The highest BCUT2D eigenvalue weighted by molar-refractivity contribution is 5.78. The van der Waals surface area contributed by atoms with Crippen molar-refractivity contribution in [1.82, 2.24) is 9.97 Å². The van der Waals surface area contributed by atoms with Gasteiger partial charge < -0.3 is 9.15 Å². The number of ether oxygens (including phenoxy) is 1. The lowest BCUT2D eigenvalue weighted by Crippen LogP contribution is -2.17. The molecule has 0 aliphatic rings. The Labute approximate surface area is 142 Å². The lowest BCUT2D eigenvalue weighted by atomic mass is 9.99. The van der Waals surface area contributed by atoms with Crippen LogP contribution in [-0.4, -0.2) is 16.6 Å². The third-order valence-electron chi connectivity index (χ3n) is 3.39. The molecule has 2 heterocycles. The van der Waals surface area contributed by atoms with Crippen LogP contribution in [0, 0.1) is 5.41 Å². The molecule has 0 saturated carbocycles. The van der Waals surface area contributed by atoms with E-state index >= 15 is 0 Å². The maximum atomic E-state index is 12.8. The van der Waals surface area contributed by atoms with Crippen molar-refractivity contribution in [1.29, 1.82) is 0 Å². The average molecular weight is 350 g/mol. The fraction of sp³-hybridized carbons (Fsp3) is 0.333. The smallest absolute Gasteiger partial charge is 0.416 e. The van der Waals surface area contributed by atoms with Gasteiger partial charge in [0.2, 0.25) is 5.89 Å². The van der Waals surface area contributed by atoms with Gasteiger partial charge in [-0.1, -0.05) is 20.8 Å². The Morgan fingerprint density at radius 3 is 2.56 bits per heavy atom. The van der Waals surface area contributed by atoms with E-state index in [9.17, 15) is 13.2 Å². The summed E-state index contributed by atoms with van der Waals surface area (Å²) in [6.45, 7) is 6.54. The highest BCUT2D eigenvalue weighted by atomic mass is 19.4. The Kier molecular flexibility index (Phi) is 4.18. The van der Waals surface area contributed by atoms with Crippen LogP contribution in [0.3, 0.4) is 0 Å². The van der Waals surface area contributed by atoms with Crippen LogP contribution < -0.4 is 4.74 Å². The molecule has 2 aromatic heterocycles. The summed E-state index contributed by atoms with van der Waals surface area (Å²) in [4.78, 5) is 8.22. The molecule has 3 rings (SSSR count). The zero-order valence-corrected chi connectivity index (χ0v) is 14.0. The van der Waals surface area contributed by atoms with Gasteiger partial charge in [-0.2, -0.15) is 13.2 Å². The standard InChI is InChI=1S/C18H17F3N2O2/c1-17(2,3)10-24-15-9-22-7-6-12(15)16-23-13-8-11(18(19,20)21)4-5-14(13)25-16/h4-9H,10H2,1-3H3. The molecule has 1 aromatic carbocycles. The number of pyridine rings is 1. The summed E-state index contributed by atoms with van der Waals surface area (Å²) in [6.07, 6.45) is -1.34. The molecular weight excluding hydrogens is 333 g/mol. The summed E-state index contributed by atoms with van der Waals surface area (Å²) in [6, 6.07) is 4.87. The number of aromatic nitrogens is 2. The lowest BCUT2D eigenvalue weighted by Gasteiger charge is -2.19. The second-order valence-electron chi connectivity index (χ2n) is 6.92. The van der Waals surface area contributed by atoms with Crippen molar-refractivity contribution < 1.29 is 22.3 Å². The Morgan fingerprint density at radius 2 is 1.88 bits per heavy atom. The van der Waals surface area contributed by atoms with Crippen molar-refractivity contribution in [3.8, 4) is 17.2 Å². The van der Waals surface area contributed by atoms with Crippen LogP contribution in [0.4, 0.5) is 13.2 Å². The minimum absolute atomic E-state index is 0.0595. The highest BCUT2D eigenvalue weighted by Gasteiger charge is 2.31. The summed E-state index contributed by atoms with van der Waals surface area (Å²) in [7, 11) is 0. The molecule has 0 fully saturated rings. The molecule has 0 aliphatic carbocycles. The fourth-order valence-corrected chi connectivity index (χ4v) is 2.18. The Hall–Kier alpha value is -2.57. The van der Waals surface area contributed by atoms with Crippen LogP contribution in [0.15, 0.2) is 41.1 Å². The molecule has 132 valence electrons. The molecule has 0 atom stereocenters. The van der Waals surface area contributed by atoms with Gasteiger partial charge in [0, 0.05) is 6.20 Å². The lowest BCUT2D eigenvalue weighted by molar-refractivity contribution is -0.137. The Balaban J connectivity index is 1.99. The summed E-state index contributed by atoms with van der Waals surface area (Å²) in [5, 5.41) is 0. The molecule has 7 heteroatoms. The van der Waals surface area contributed by atoms with Crippen LogP contribution in [-0.2, 0) is 6.18 Å². The number of rotatable bonds is 3. The predicted molar refractivity (Wildman–Crippen MR) is 87.2 cm³/mol. The van der Waals surface area contributed by atoms with Gasteiger partial charge in [0.05, 0.1) is 23.9 Å². The van der Waals surface area contributed by atoms with E-state index < -0.39 is 11.7 Å². The van der Waals surface area contributed by atoms with E-state index in [1.165, 1.54) is 12.3 Å². The molecule has 3 aromatic rings. The predicted octanol–water partition coefficient (Wildman–Crippen LogP) is 5.33.